The van der Waals surface area contributed by atoms with Crippen molar-refractivity contribution < 1.29 is 24.6 Å². The van der Waals surface area contributed by atoms with Crippen molar-refractivity contribution in [3.63, 3.8) is 0 Å². The number of aromatic hydroxyl groups is 1. The van der Waals surface area contributed by atoms with Gasteiger partial charge in [-0.3, -0.25) is 23.9 Å². The number of rotatable bonds is 7. The van der Waals surface area contributed by atoms with E-state index >= 15 is 0 Å². The molecular weight excluding hydrogens is 466 g/mol. The number of aromatic nitrogens is 7. The van der Waals surface area contributed by atoms with E-state index in [4.69, 9.17) is 0 Å². The molecule has 4 N–H and O–H groups in total. The molecule has 1 unspecified atom stereocenters. The Morgan fingerprint density at radius 1 is 1.31 bits per heavy atom. The number of carbonyl (C=O) groups excluding carboxylic acids is 2. The molecule has 0 bridgehead atoms. The van der Waals surface area contributed by atoms with Crippen LogP contribution in [-0.4, -0.2) is 91.2 Å². The number of fused-ring (bicyclic) bond motifs is 1. The Hall–Kier alpha value is -3.47. The molecule has 0 spiro atoms. The monoisotopic (exact) mass is 481 g/mol. The Balaban J connectivity index is 1.47. The number of carboxylic acid groups (broad SMARTS) is 1. The molecule has 4 heterocycles. The van der Waals surface area contributed by atoms with Gasteiger partial charge < -0.3 is 15.5 Å². The van der Waals surface area contributed by atoms with Crippen LogP contribution in [0.2, 0.25) is 0 Å². The predicted octanol–water partition coefficient (Wildman–Crippen LogP) is -2.53. The molecule has 2 aliphatic heterocycles. The Labute approximate surface area is 186 Å². The molecule has 0 aliphatic carbocycles. The van der Waals surface area contributed by atoms with Gasteiger partial charge in [-0.1, -0.05) is 11.8 Å². The van der Waals surface area contributed by atoms with Crippen molar-refractivity contribution in [2.24, 2.45) is 7.05 Å². The second kappa shape index (κ2) is 8.58. The molecule has 15 nitrogen and oxygen atoms in total. The number of H-pyrrole nitrogens is 1. The van der Waals surface area contributed by atoms with Crippen molar-refractivity contribution >= 4 is 41.3 Å². The molecule has 2 atom stereocenters. The van der Waals surface area contributed by atoms with E-state index in [0.717, 1.165) is 21.2 Å². The average Bonchev–Trinajstić information content (AvgIpc) is 3.27. The van der Waals surface area contributed by atoms with Gasteiger partial charge in [-0.25, -0.2) is 9.89 Å². The molecule has 0 radical (unpaired) electrons. The van der Waals surface area contributed by atoms with E-state index in [1.807, 2.05) is 0 Å². The number of carboxylic acids is 1. The van der Waals surface area contributed by atoms with E-state index in [1.165, 1.54) is 18.8 Å². The first-order valence-corrected chi connectivity index (χ1v) is 11.0. The maximum Gasteiger partial charge on any atom is 0.352 e. The summed E-state index contributed by atoms with van der Waals surface area (Å²) in [5.41, 5.74) is -0.435. The summed E-state index contributed by atoms with van der Waals surface area (Å²) in [5, 5.41) is 41.1. The van der Waals surface area contributed by atoms with Gasteiger partial charge >= 0.3 is 11.5 Å². The molecule has 4 rings (SSSR count). The molecule has 1 fully saturated rings. The number of hydrogen-bond donors (Lipinski definition) is 4. The molecule has 0 saturated carbocycles. The molecule has 1 saturated heterocycles. The third kappa shape index (κ3) is 3.91. The standard InChI is InChI=1S/C15H15N9O6S2/c1-23-12(28)10(26)19-20-15(23)32-4-5-3-31-13-8(11(27)24(13)9(5)14(29)30)16-7(25)2-6-17-21-22-18-6/h8,13H,2-4H2,1H3,(H,16,25)(H,19,26)(H,29,30)(H,17,18,21,22)/t8?,13-/m0/s1. The Morgan fingerprint density at radius 3 is 2.78 bits per heavy atom. The van der Waals surface area contributed by atoms with Crippen LogP contribution >= 0.6 is 23.5 Å². The summed E-state index contributed by atoms with van der Waals surface area (Å²) in [6.45, 7) is 0. The zero-order valence-electron chi connectivity index (χ0n) is 16.3. The van der Waals surface area contributed by atoms with E-state index in [-0.39, 0.29) is 28.9 Å². The number of β-lactam (4-membered cyclic amide) rings is 1. The van der Waals surface area contributed by atoms with Crippen LogP contribution in [0.5, 0.6) is 5.88 Å². The third-order valence-corrected chi connectivity index (χ3v) is 7.12. The quantitative estimate of drug-likeness (QED) is 0.238. The smallest absolute Gasteiger partial charge is 0.352 e. The lowest BCUT2D eigenvalue weighted by Crippen LogP contribution is -2.70. The third-order valence-electron chi connectivity index (χ3n) is 4.67. The molecule has 2 aromatic heterocycles. The number of amides is 2. The van der Waals surface area contributed by atoms with Gasteiger partial charge in [0.25, 0.3) is 11.8 Å². The molecule has 17 heteroatoms. The van der Waals surface area contributed by atoms with E-state index in [9.17, 15) is 29.4 Å². The first kappa shape index (κ1) is 21.8. The first-order valence-electron chi connectivity index (χ1n) is 8.95. The second-order valence-electron chi connectivity index (χ2n) is 6.70. The summed E-state index contributed by atoms with van der Waals surface area (Å²) in [7, 11) is 1.40. The highest BCUT2D eigenvalue weighted by Gasteiger charge is 2.54. The number of aliphatic carboxylic acids is 1. The molecule has 32 heavy (non-hydrogen) atoms. The fourth-order valence-electron chi connectivity index (χ4n) is 3.14. The average molecular weight is 481 g/mol. The number of nitrogens with zero attached hydrogens (tertiary/aromatic N) is 7. The Morgan fingerprint density at radius 2 is 2.09 bits per heavy atom. The zero-order valence-corrected chi connectivity index (χ0v) is 17.9. The number of aromatic amines is 1. The zero-order chi connectivity index (χ0) is 23.0. The maximum atomic E-state index is 12.7. The summed E-state index contributed by atoms with van der Waals surface area (Å²) in [4.78, 5) is 49.7. The van der Waals surface area contributed by atoms with Gasteiger partial charge in [0.1, 0.15) is 17.1 Å². The number of carbonyl (C=O) groups is 3. The minimum absolute atomic E-state index is 0.132. The second-order valence-corrected chi connectivity index (χ2v) is 8.74. The molecule has 2 aromatic rings. The van der Waals surface area contributed by atoms with Crippen molar-refractivity contribution in [3.8, 4) is 5.88 Å². The Bertz CT molecular complexity index is 1180. The lowest BCUT2D eigenvalue weighted by molar-refractivity contribution is -0.150. The van der Waals surface area contributed by atoms with E-state index < -0.39 is 40.6 Å². The van der Waals surface area contributed by atoms with Crippen molar-refractivity contribution in [2.45, 2.75) is 23.0 Å². The highest BCUT2D eigenvalue weighted by Crippen LogP contribution is 2.41. The van der Waals surface area contributed by atoms with Gasteiger partial charge in [-0.05, 0) is 16.0 Å². The SMILES string of the molecule is Cn1c(SCC2=C(C(=O)O)N3C(=O)C(NC(=O)Cc4nnn[nH]4)[C@@H]3SC2)nnc(O)c1=O. The molecular formula is C15H15N9O6S2. The van der Waals surface area contributed by atoms with Crippen LogP contribution in [0.1, 0.15) is 5.82 Å². The fraction of sp³-hybridized carbons (Fsp3) is 0.400. The van der Waals surface area contributed by atoms with Gasteiger partial charge in [-0.15, -0.1) is 27.1 Å². The minimum atomic E-state index is -1.28. The summed E-state index contributed by atoms with van der Waals surface area (Å²) in [5.74, 6) is -2.37. The van der Waals surface area contributed by atoms with E-state index in [2.05, 4.69) is 36.1 Å². The van der Waals surface area contributed by atoms with Crippen LogP contribution in [0, 0.1) is 0 Å². The first-order chi connectivity index (χ1) is 15.3. The van der Waals surface area contributed by atoms with Gasteiger partial charge in [0, 0.05) is 18.6 Å². The van der Waals surface area contributed by atoms with Gasteiger partial charge in [-0.2, -0.15) is 0 Å². The van der Waals surface area contributed by atoms with Crippen molar-refractivity contribution in [3.05, 3.63) is 27.4 Å². The van der Waals surface area contributed by atoms with Crippen LogP contribution in [0.15, 0.2) is 21.2 Å². The van der Waals surface area contributed by atoms with Crippen LogP contribution in [0.3, 0.4) is 0 Å². The number of nitrogens with one attached hydrogen (secondary N) is 2. The van der Waals surface area contributed by atoms with Crippen molar-refractivity contribution in [1.82, 2.24) is 45.6 Å². The minimum Gasteiger partial charge on any atom is -0.488 e. The summed E-state index contributed by atoms with van der Waals surface area (Å²) in [6.07, 6.45) is -0.149. The number of thioether (sulfide) groups is 2. The van der Waals surface area contributed by atoms with Crippen LogP contribution < -0.4 is 10.9 Å². The topological polar surface area (TPSA) is 209 Å². The highest BCUT2D eigenvalue weighted by atomic mass is 32.2. The molecule has 0 aromatic carbocycles. The maximum absolute atomic E-state index is 12.7. The summed E-state index contributed by atoms with van der Waals surface area (Å²) < 4.78 is 1.09. The van der Waals surface area contributed by atoms with Crippen molar-refractivity contribution in [1.29, 1.82) is 0 Å². The van der Waals surface area contributed by atoms with Crippen LogP contribution in [0.25, 0.3) is 0 Å². The molecule has 168 valence electrons. The largest absolute Gasteiger partial charge is 0.488 e. The van der Waals surface area contributed by atoms with Crippen molar-refractivity contribution in [2.75, 3.05) is 11.5 Å². The normalized spacial score (nSPS) is 20.0. The summed E-state index contributed by atoms with van der Waals surface area (Å²) in [6, 6.07) is -0.865. The van der Waals surface area contributed by atoms with E-state index in [0.29, 0.717) is 11.3 Å². The molecule has 2 amide bonds. The molecule has 2 aliphatic rings. The number of tetrazole rings is 1. The lowest BCUT2D eigenvalue weighted by atomic mass is 10.0. The van der Waals surface area contributed by atoms with Crippen LogP contribution in [0.4, 0.5) is 0 Å². The Kier molecular flexibility index (Phi) is 5.83. The van der Waals surface area contributed by atoms with Gasteiger partial charge in [0.2, 0.25) is 5.91 Å². The van der Waals surface area contributed by atoms with Crippen LogP contribution in [-0.2, 0) is 27.9 Å². The highest BCUT2D eigenvalue weighted by molar-refractivity contribution is 8.01. The van der Waals surface area contributed by atoms with Gasteiger partial charge in [0.05, 0.1) is 6.42 Å². The predicted molar refractivity (Wildman–Crippen MR) is 107 cm³/mol. The van der Waals surface area contributed by atoms with E-state index in [1.54, 1.807) is 0 Å². The fourth-order valence-corrected chi connectivity index (χ4v) is 5.53. The number of hydrogen-bond acceptors (Lipinski definition) is 12. The van der Waals surface area contributed by atoms with Gasteiger partial charge in [0.15, 0.2) is 11.0 Å². The lowest BCUT2D eigenvalue weighted by Gasteiger charge is -2.49. The summed E-state index contributed by atoms with van der Waals surface area (Å²) >= 11 is 2.37.